The first-order chi connectivity index (χ1) is 10.3. The van der Waals surface area contributed by atoms with Crippen LogP contribution >= 0.6 is 0 Å². The van der Waals surface area contributed by atoms with Crippen LogP contribution < -0.4 is 0 Å². The van der Waals surface area contributed by atoms with Gasteiger partial charge in [-0.3, -0.25) is 0 Å². The molecule has 2 aromatic rings. The summed E-state index contributed by atoms with van der Waals surface area (Å²) in [6.45, 7) is 1.45. The second kappa shape index (κ2) is 4.87. The summed E-state index contributed by atoms with van der Waals surface area (Å²) in [5, 5.41) is 10.3. The van der Waals surface area contributed by atoms with E-state index in [1.807, 2.05) is 18.2 Å². The zero-order chi connectivity index (χ0) is 14.3. The lowest BCUT2D eigenvalue weighted by Crippen LogP contribution is -2.34. The molecule has 2 aliphatic rings. The fourth-order valence-corrected chi connectivity index (χ4v) is 3.70. The van der Waals surface area contributed by atoms with Gasteiger partial charge in [-0.15, -0.1) is 0 Å². The van der Waals surface area contributed by atoms with Crippen LogP contribution in [0.15, 0.2) is 24.4 Å². The van der Waals surface area contributed by atoms with Gasteiger partial charge in [0, 0.05) is 29.9 Å². The minimum atomic E-state index is -0.305. The molecule has 4 rings (SSSR count). The molecule has 4 heteroatoms. The number of nitriles is 1. The van der Waals surface area contributed by atoms with Gasteiger partial charge in [-0.05, 0) is 42.5 Å². The number of ether oxygens (including phenoxy) is 2. The van der Waals surface area contributed by atoms with Gasteiger partial charge in [0.05, 0.1) is 24.8 Å². The molecule has 1 aromatic heterocycles. The highest BCUT2D eigenvalue weighted by atomic mass is 16.7. The number of nitrogens with one attached hydrogen (secondary N) is 1. The lowest BCUT2D eigenvalue weighted by molar-refractivity contribution is -0.178. The van der Waals surface area contributed by atoms with Crippen molar-refractivity contribution < 1.29 is 9.47 Å². The fraction of sp³-hybridized carbons (Fsp3) is 0.471. The van der Waals surface area contributed by atoms with Crippen LogP contribution in [-0.4, -0.2) is 24.0 Å². The molecule has 1 spiro atoms. The summed E-state index contributed by atoms with van der Waals surface area (Å²) in [6.07, 6.45) is 6.17. The molecule has 0 radical (unpaired) electrons. The Labute approximate surface area is 123 Å². The molecule has 1 aliphatic carbocycles. The van der Waals surface area contributed by atoms with E-state index < -0.39 is 0 Å². The predicted molar refractivity (Wildman–Crippen MR) is 78.9 cm³/mol. The highest BCUT2D eigenvalue weighted by Crippen LogP contribution is 2.43. The van der Waals surface area contributed by atoms with E-state index in [4.69, 9.17) is 14.7 Å². The summed E-state index contributed by atoms with van der Waals surface area (Å²) in [6, 6.07) is 8.07. The van der Waals surface area contributed by atoms with Crippen molar-refractivity contribution in [2.75, 3.05) is 13.2 Å². The number of hydrogen-bond acceptors (Lipinski definition) is 3. The molecule has 1 saturated carbocycles. The van der Waals surface area contributed by atoms with E-state index >= 15 is 0 Å². The van der Waals surface area contributed by atoms with Gasteiger partial charge in [-0.25, -0.2) is 0 Å². The van der Waals surface area contributed by atoms with Gasteiger partial charge < -0.3 is 14.5 Å². The van der Waals surface area contributed by atoms with Crippen molar-refractivity contribution in [3.05, 3.63) is 35.5 Å². The summed E-state index contributed by atoms with van der Waals surface area (Å²) < 4.78 is 11.6. The molecule has 2 heterocycles. The highest BCUT2D eigenvalue weighted by Gasteiger charge is 2.40. The van der Waals surface area contributed by atoms with Gasteiger partial charge >= 0.3 is 0 Å². The van der Waals surface area contributed by atoms with Gasteiger partial charge in [0.2, 0.25) is 0 Å². The molecule has 0 amide bonds. The van der Waals surface area contributed by atoms with E-state index in [1.165, 1.54) is 10.9 Å². The molecule has 0 unspecified atom stereocenters. The van der Waals surface area contributed by atoms with Gasteiger partial charge in [-0.1, -0.05) is 0 Å². The Hall–Kier alpha value is -1.83. The Kier molecular flexibility index (Phi) is 2.99. The van der Waals surface area contributed by atoms with Gasteiger partial charge in [0.1, 0.15) is 0 Å². The topological polar surface area (TPSA) is 58.0 Å². The Balaban J connectivity index is 1.61. The highest BCUT2D eigenvalue weighted by molar-refractivity contribution is 5.85. The molecule has 1 aromatic carbocycles. The third-order valence-corrected chi connectivity index (χ3v) is 4.84. The number of H-pyrrole nitrogens is 1. The van der Waals surface area contributed by atoms with Crippen LogP contribution in [0.4, 0.5) is 0 Å². The monoisotopic (exact) mass is 282 g/mol. The van der Waals surface area contributed by atoms with Crippen molar-refractivity contribution in [2.45, 2.75) is 37.4 Å². The maximum absolute atomic E-state index is 9.08. The van der Waals surface area contributed by atoms with Crippen molar-refractivity contribution in [2.24, 2.45) is 0 Å². The third-order valence-electron chi connectivity index (χ3n) is 4.84. The van der Waals surface area contributed by atoms with Crippen LogP contribution in [0, 0.1) is 11.3 Å². The summed E-state index contributed by atoms with van der Waals surface area (Å²) in [4.78, 5) is 3.33. The first-order valence-electron chi connectivity index (χ1n) is 7.59. The van der Waals surface area contributed by atoms with Gasteiger partial charge in [0.25, 0.3) is 0 Å². The summed E-state index contributed by atoms with van der Waals surface area (Å²) in [5.74, 6) is 0.214. The average Bonchev–Trinajstić information content (AvgIpc) is 3.15. The van der Waals surface area contributed by atoms with E-state index in [2.05, 4.69) is 17.3 Å². The van der Waals surface area contributed by atoms with Gasteiger partial charge in [0.15, 0.2) is 5.79 Å². The van der Waals surface area contributed by atoms with E-state index in [-0.39, 0.29) is 5.79 Å². The molecule has 4 nitrogen and oxygen atoms in total. The predicted octanol–water partition coefficient (Wildman–Crippen LogP) is 3.44. The summed E-state index contributed by atoms with van der Waals surface area (Å²) >= 11 is 0. The van der Waals surface area contributed by atoms with Crippen molar-refractivity contribution >= 4 is 10.9 Å². The molecule has 1 aliphatic heterocycles. The maximum Gasteiger partial charge on any atom is 0.168 e. The first kappa shape index (κ1) is 12.9. The molecular weight excluding hydrogens is 264 g/mol. The largest absolute Gasteiger partial charge is 0.361 e. The Bertz CT molecular complexity index is 697. The summed E-state index contributed by atoms with van der Waals surface area (Å²) in [7, 11) is 0. The number of fused-ring (bicyclic) bond motifs is 1. The van der Waals surface area contributed by atoms with Crippen molar-refractivity contribution in [1.29, 1.82) is 5.26 Å². The second-order valence-corrected chi connectivity index (χ2v) is 6.00. The normalized spacial score (nSPS) is 21.9. The molecule has 2 fully saturated rings. The Morgan fingerprint density at radius 3 is 2.67 bits per heavy atom. The number of benzene rings is 1. The quantitative estimate of drug-likeness (QED) is 0.871. The molecule has 1 N–H and O–H groups in total. The number of aromatic nitrogens is 1. The smallest absolute Gasteiger partial charge is 0.168 e. The van der Waals surface area contributed by atoms with Crippen molar-refractivity contribution in [1.82, 2.24) is 4.98 Å². The van der Waals surface area contributed by atoms with E-state index in [1.54, 1.807) is 0 Å². The molecule has 0 bridgehead atoms. The van der Waals surface area contributed by atoms with E-state index in [0.29, 0.717) is 5.92 Å². The van der Waals surface area contributed by atoms with Crippen LogP contribution in [0.25, 0.3) is 10.9 Å². The SMILES string of the molecule is N#Cc1ccc2[nH]cc(C3CCC4(CC3)OCCO4)c2c1. The molecule has 0 atom stereocenters. The van der Waals surface area contributed by atoms with Crippen LogP contribution in [0.1, 0.15) is 42.7 Å². The number of aromatic amines is 1. The number of hydrogen-bond donors (Lipinski definition) is 1. The Morgan fingerprint density at radius 1 is 1.19 bits per heavy atom. The Morgan fingerprint density at radius 2 is 1.95 bits per heavy atom. The van der Waals surface area contributed by atoms with E-state index in [9.17, 15) is 0 Å². The lowest BCUT2D eigenvalue weighted by atomic mass is 9.81. The molecule has 1 saturated heterocycles. The van der Waals surface area contributed by atoms with Crippen molar-refractivity contribution in [3.63, 3.8) is 0 Å². The van der Waals surface area contributed by atoms with Crippen LogP contribution in [0.3, 0.4) is 0 Å². The number of nitrogens with zero attached hydrogens (tertiary/aromatic N) is 1. The fourth-order valence-electron chi connectivity index (χ4n) is 3.70. The average molecular weight is 282 g/mol. The minimum absolute atomic E-state index is 0.305. The zero-order valence-corrected chi connectivity index (χ0v) is 11.9. The standard InChI is InChI=1S/C17H18N2O2/c18-10-12-1-2-16-14(9-12)15(11-19-16)13-3-5-17(6-4-13)20-7-8-21-17/h1-2,9,11,13,19H,3-8H2. The third kappa shape index (κ3) is 2.14. The maximum atomic E-state index is 9.08. The zero-order valence-electron chi connectivity index (χ0n) is 11.9. The number of rotatable bonds is 1. The molecule has 108 valence electrons. The van der Waals surface area contributed by atoms with Crippen LogP contribution in [-0.2, 0) is 9.47 Å². The lowest BCUT2D eigenvalue weighted by Gasteiger charge is -2.35. The first-order valence-corrected chi connectivity index (χ1v) is 7.59. The van der Waals surface area contributed by atoms with Crippen LogP contribution in [0.2, 0.25) is 0 Å². The second-order valence-electron chi connectivity index (χ2n) is 6.00. The summed E-state index contributed by atoms with van der Waals surface area (Å²) in [5.41, 5.74) is 3.16. The van der Waals surface area contributed by atoms with Crippen LogP contribution in [0.5, 0.6) is 0 Å². The minimum Gasteiger partial charge on any atom is -0.361 e. The van der Waals surface area contributed by atoms with Gasteiger partial charge in [-0.2, -0.15) is 5.26 Å². The van der Waals surface area contributed by atoms with E-state index in [0.717, 1.165) is 50.0 Å². The molecule has 21 heavy (non-hydrogen) atoms. The van der Waals surface area contributed by atoms with Crippen molar-refractivity contribution in [3.8, 4) is 6.07 Å². The molecular formula is C17H18N2O2.